The van der Waals surface area contributed by atoms with Crippen LogP contribution >= 0.6 is 7.60 Å². The van der Waals surface area contributed by atoms with Crippen molar-refractivity contribution in [3.63, 3.8) is 0 Å². The molecule has 23 heavy (non-hydrogen) atoms. The van der Waals surface area contributed by atoms with Gasteiger partial charge in [0.1, 0.15) is 0 Å². The average Bonchev–Trinajstić information content (AvgIpc) is 2.52. The molecule has 0 amide bonds. The lowest BCUT2D eigenvalue weighted by molar-refractivity contribution is 0.0564. The van der Waals surface area contributed by atoms with Crippen molar-refractivity contribution < 1.29 is 23.1 Å². The Kier molecular flexibility index (Phi) is 5.47. The Bertz CT molecular complexity index is 724. The molecule has 0 aliphatic carbocycles. The van der Waals surface area contributed by atoms with E-state index in [4.69, 9.17) is 9.79 Å². The van der Waals surface area contributed by atoms with Gasteiger partial charge >= 0.3 is 13.3 Å². The molecule has 0 radical (unpaired) electrons. The van der Waals surface area contributed by atoms with E-state index in [2.05, 4.69) is 0 Å². The van der Waals surface area contributed by atoms with Crippen molar-refractivity contribution in [1.29, 1.82) is 0 Å². The first kappa shape index (κ1) is 17.5. The highest BCUT2D eigenvalue weighted by Gasteiger charge is 2.50. The van der Waals surface area contributed by atoms with Gasteiger partial charge in [-0.3, -0.25) is 4.57 Å². The van der Waals surface area contributed by atoms with Crippen molar-refractivity contribution in [2.75, 3.05) is 0 Å². The summed E-state index contributed by atoms with van der Waals surface area (Å²) in [6, 6.07) is 14.9. The van der Waals surface area contributed by atoms with E-state index in [-0.39, 0.29) is 0 Å². The smallest absolute Gasteiger partial charge is 0.320 e. The summed E-state index contributed by atoms with van der Waals surface area (Å²) in [4.78, 5) is 17.5. The predicted molar refractivity (Wildman–Crippen MR) is 86.2 cm³/mol. The largest absolute Gasteiger partial charge is 0.399 e. The summed E-state index contributed by atoms with van der Waals surface area (Å²) < 4.78 is 38.2. The third-order valence-electron chi connectivity index (χ3n) is 3.35. The standard InChI is InChI=1S/C17H17F2O3P/c18-17(19,23(20,21)22)16-12-6-11-15(13-16)10-5-4-9-14-7-2-1-3-8-14/h1-3,5-8,10-13H,4,9H2,(H2,20,21,22)/b10-5-. The molecule has 2 aromatic carbocycles. The Morgan fingerprint density at radius 1 is 1.04 bits per heavy atom. The van der Waals surface area contributed by atoms with E-state index >= 15 is 0 Å². The fraction of sp³-hybridized carbons (Fsp3) is 0.176. The zero-order valence-corrected chi connectivity index (χ0v) is 13.2. The third-order valence-corrected chi connectivity index (χ3v) is 4.34. The Balaban J connectivity index is 2.06. The Labute approximate surface area is 133 Å². The zero-order chi connectivity index (χ0) is 16.9. The van der Waals surface area contributed by atoms with Crippen LogP contribution in [0.5, 0.6) is 0 Å². The molecule has 0 saturated carbocycles. The first-order valence-electron chi connectivity index (χ1n) is 7.05. The van der Waals surface area contributed by atoms with Gasteiger partial charge in [0.2, 0.25) is 0 Å². The molecule has 3 nitrogen and oxygen atoms in total. The highest BCUT2D eigenvalue weighted by molar-refractivity contribution is 7.52. The van der Waals surface area contributed by atoms with Gasteiger partial charge < -0.3 is 9.79 Å². The number of aryl methyl sites for hydroxylation is 1. The quantitative estimate of drug-likeness (QED) is 0.759. The molecule has 0 heterocycles. The van der Waals surface area contributed by atoms with Crippen LogP contribution in [0.15, 0.2) is 60.7 Å². The van der Waals surface area contributed by atoms with Crippen LogP contribution in [0.1, 0.15) is 23.1 Å². The second-order valence-electron chi connectivity index (χ2n) is 5.14. The third kappa shape index (κ3) is 4.58. The van der Waals surface area contributed by atoms with Gasteiger partial charge in [-0.1, -0.05) is 60.7 Å². The predicted octanol–water partition coefficient (Wildman–Crippen LogP) is 4.56. The lowest BCUT2D eigenvalue weighted by Crippen LogP contribution is -2.13. The van der Waals surface area contributed by atoms with E-state index in [1.807, 2.05) is 36.4 Å². The molecule has 0 atom stereocenters. The molecule has 0 fully saturated rings. The minimum absolute atomic E-state index is 0.476. The number of benzene rings is 2. The summed E-state index contributed by atoms with van der Waals surface area (Å²) in [5.41, 5.74) is -3.21. The maximum atomic E-state index is 13.7. The molecule has 0 saturated heterocycles. The molecule has 0 unspecified atom stereocenters. The number of hydrogen-bond donors (Lipinski definition) is 2. The molecular weight excluding hydrogens is 321 g/mol. The maximum absolute atomic E-state index is 13.7. The Morgan fingerprint density at radius 2 is 1.74 bits per heavy atom. The highest BCUT2D eigenvalue weighted by atomic mass is 31.2. The van der Waals surface area contributed by atoms with E-state index in [0.29, 0.717) is 5.56 Å². The van der Waals surface area contributed by atoms with E-state index in [1.165, 1.54) is 11.6 Å². The first-order valence-corrected chi connectivity index (χ1v) is 8.66. The normalized spacial score (nSPS) is 12.7. The van der Waals surface area contributed by atoms with Crippen LogP contribution in [0, 0.1) is 0 Å². The van der Waals surface area contributed by atoms with Crippen molar-refractivity contribution >= 4 is 13.7 Å². The van der Waals surface area contributed by atoms with Crippen molar-refractivity contribution in [1.82, 2.24) is 0 Å². The lowest BCUT2D eigenvalue weighted by atomic mass is 10.1. The van der Waals surface area contributed by atoms with Crippen LogP contribution in [0.2, 0.25) is 0 Å². The molecule has 2 N–H and O–H groups in total. The second-order valence-corrected chi connectivity index (χ2v) is 6.79. The molecule has 122 valence electrons. The van der Waals surface area contributed by atoms with Gasteiger partial charge in [-0.05, 0) is 30.0 Å². The Morgan fingerprint density at radius 3 is 2.39 bits per heavy atom. The van der Waals surface area contributed by atoms with Crippen molar-refractivity contribution in [3.8, 4) is 0 Å². The monoisotopic (exact) mass is 338 g/mol. The SMILES string of the molecule is O=P(O)(O)C(F)(F)c1cccc(/C=C\CCc2ccccc2)c1. The summed E-state index contributed by atoms with van der Waals surface area (Å²) in [5, 5.41) is 0. The molecule has 0 aliphatic heterocycles. The summed E-state index contributed by atoms with van der Waals surface area (Å²) in [6.07, 6.45) is 5.09. The molecular formula is C17H17F2O3P. The fourth-order valence-electron chi connectivity index (χ4n) is 2.11. The van der Waals surface area contributed by atoms with Gasteiger partial charge in [-0.15, -0.1) is 0 Å². The van der Waals surface area contributed by atoms with Gasteiger partial charge in [0.25, 0.3) is 0 Å². The van der Waals surface area contributed by atoms with Crippen LogP contribution < -0.4 is 0 Å². The van der Waals surface area contributed by atoms with Gasteiger partial charge in [-0.25, -0.2) is 0 Å². The van der Waals surface area contributed by atoms with Gasteiger partial charge in [0.15, 0.2) is 0 Å². The van der Waals surface area contributed by atoms with E-state index in [0.717, 1.165) is 25.0 Å². The van der Waals surface area contributed by atoms with Gasteiger partial charge in [0, 0.05) is 5.56 Å². The topological polar surface area (TPSA) is 57.5 Å². The fourth-order valence-corrected chi connectivity index (χ4v) is 2.59. The van der Waals surface area contributed by atoms with E-state index in [9.17, 15) is 13.3 Å². The van der Waals surface area contributed by atoms with Crippen LogP contribution in [0.4, 0.5) is 8.78 Å². The number of hydrogen-bond acceptors (Lipinski definition) is 1. The zero-order valence-electron chi connectivity index (χ0n) is 12.3. The number of alkyl halides is 2. The van der Waals surface area contributed by atoms with Gasteiger partial charge in [-0.2, -0.15) is 8.78 Å². The van der Waals surface area contributed by atoms with Crippen LogP contribution in [0.25, 0.3) is 6.08 Å². The molecule has 2 aromatic rings. The summed E-state index contributed by atoms with van der Waals surface area (Å²) in [6.45, 7) is 0. The van der Waals surface area contributed by atoms with Crippen molar-refractivity contribution in [2.45, 2.75) is 18.5 Å². The Hall–Kier alpha value is -1.81. The molecule has 0 bridgehead atoms. The molecule has 0 spiro atoms. The maximum Gasteiger partial charge on any atom is 0.399 e. The number of allylic oxidation sites excluding steroid dienone is 1. The van der Waals surface area contributed by atoms with E-state index < -0.39 is 18.8 Å². The lowest BCUT2D eigenvalue weighted by Gasteiger charge is -2.18. The minimum Gasteiger partial charge on any atom is -0.320 e. The second kappa shape index (κ2) is 7.18. The molecule has 6 heteroatoms. The summed E-state index contributed by atoms with van der Waals surface area (Å²) in [7, 11) is -5.54. The number of halogens is 2. The summed E-state index contributed by atoms with van der Waals surface area (Å²) in [5.74, 6) is 0. The average molecular weight is 338 g/mol. The summed E-state index contributed by atoms with van der Waals surface area (Å²) >= 11 is 0. The minimum atomic E-state index is -5.54. The van der Waals surface area contributed by atoms with Crippen LogP contribution in [-0.4, -0.2) is 9.79 Å². The van der Waals surface area contributed by atoms with Crippen molar-refractivity contribution in [3.05, 3.63) is 77.4 Å². The van der Waals surface area contributed by atoms with Gasteiger partial charge in [0.05, 0.1) is 0 Å². The highest BCUT2D eigenvalue weighted by Crippen LogP contribution is 2.59. The molecule has 0 aliphatic rings. The van der Waals surface area contributed by atoms with Crippen LogP contribution in [-0.2, 0) is 16.6 Å². The first-order chi connectivity index (χ1) is 10.8. The van der Waals surface area contributed by atoms with E-state index in [1.54, 1.807) is 12.1 Å². The van der Waals surface area contributed by atoms with Crippen molar-refractivity contribution in [2.24, 2.45) is 0 Å². The van der Waals surface area contributed by atoms with Crippen LogP contribution in [0.3, 0.4) is 0 Å². The molecule has 0 aromatic heterocycles. The number of rotatable bonds is 6. The molecule has 2 rings (SSSR count).